The van der Waals surface area contributed by atoms with Gasteiger partial charge in [0, 0.05) is 42.8 Å². The lowest BCUT2D eigenvalue weighted by Crippen LogP contribution is -2.27. The Labute approximate surface area is 153 Å². The summed E-state index contributed by atoms with van der Waals surface area (Å²) in [5.74, 6) is 0.362. The summed E-state index contributed by atoms with van der Waals surface area (Å²) in [4.78, 5) is 4.23. The Morgan fingerprint density at radius 2 is 2.00 bits per heavy atom. The van der Waals surface area contributed by atoms with Crippen molar-refractivity contribution in [3.63, 3.8) is 0 Å². The van der Waals surface area contributed by atoms with E-state index >= 15 is 0 Å². The van der Waals surface area contributed by atoms with Crippen LogP contribution in [0.25, 0.3) is 16.9 Å². The van der Waals surface area contributed by atoms with Crippen molar-refractivity contribution in [1.82, 2.24) is 20.1 Å². The lowest BCUT2D eigenvalue weighted by atomic mass is 10.1. The van der Waals surface area contributed by atoms with Crippen LogP contribution in [0.4, 0.5) is 0 Å². The summed E-state index contributed by atoms with van der Waals surface area (Å²) in [5.41, 5.74) is 4.13. The molecule has 0 aliphatic heterocycles. The Morgan fingerprint density at radius 3 is 2.73 bits per heavy atom. The maximum absolute atomic E-state index is 10.0. The van der Waals surface area contributed by atoms with Crippen LogP contribution in [0.5, 0.6) is 0 Å². The molecule has 0 bridgehead atoms. The number of benzene rings is 1. The minimum atomic E-state index is -0.160. The summed E-state index contributed by atoms with van der Waals surface area (Å²) < 4.78 is 1.92. The summed E-state index contributed by atoms with van der Waals surface area (Å²) >= 11 is 0. The molecule has 3 aromatic rings. The normalized spacial score (nSPS) is 19.7. The van der Waals surface area contributed by atoms with E-state index in [4.69, 9.17) is 5.10 Å². The molecule has 1 aliphatic rings. The van der Waals surface area contributed by atoms with E-state index in [-0.39, 0.29) is 6.10 Å². The first-order valence-corrected chi connectivity index (χ1v) is 9.24. The summed E-state index contributed by atoms with van der Waals surface area (Å²) in [7, 11) is 0. The highest BCUT2D eigenvalue weighted by Crippen LogP contribution is 2.26. The summed E-state index contributed by atoms with van der Waals surface area (Å²) in [5, 5.41) is 18.3. The van der Waals surface area contributed by atoms with Gasteiger partial charge in [0.05, 0.1) is 17.5 Å². The molecule has 1 fully saturated rings. The van der Waals surface area contributed by atoms with Gasteiger partial charge in [0.15, 0.2) is 0 Å². The molecule has 0 spiro atoms. The molecule has 2 heterocycles. The fourth-order valence-electron chi connectivity index (χ4n) is 3.65. The Morgan fingerprint density at radius 1 is 1.12 bits per heavy atom. The first kappa shape index (κ1) is 16.9. The van der Waals surface area contributed by atoms with Crippen LogP contribution in [-0.4, -0.2) is 32.5 Å². The van der Waals surface area contributed by atoms with Gasteiger partial charge in [0.2, 0.25) is 0 Å². The third kappa shape index (κ3) is 3.69. The monoisotopic (exact) mass is 348 g/mol. The van der Waals surface area contributed by atoms with Crippen LogP contribution in [-0.2, 0) is 6.54 Å². The molecule has 0 amide bonds. The number of pyridine rings is 1. The number of hydrogen-bond acceptors (Lipinski definition) is 4. The summed E-state index contributed by atoms with van der Waals surface area (Å²) in [6.07, 6.45) is 8.70. The van der Waals surface area contributed by atoms with Gasteiger partial charge in [-0.05, 0) is 43.0 Å². The number of nitrogens with one attached hydrogen (secondary N) is 1. The molecule has 0 radical (unpaired) electrons. The van der Waals surface area contributed by atoms with Gasteiger partial charge in [0.25, 0.3) is 0 Å². The van der Waals surface area contributed by atoms with Gasteiger partial charge < -0.3 is 10.4 Å². The van der Waals surface area contributed by atoms with Crippen LogP contribution in [0.2, 0.25) is 0 Å². The van der Waals surface area contributed by atoms with E-state index in [9.17, 15) is 5.11 Å². The molecule has 1 aliphatic carbocycles. The average Bonchev–Trinajstić information content (AvgIpc) is 3.30. The van der Waals surface area contributed by atoms with E-state index in [2.05, 4.69) is 16.5 Å². The molecule has 5 heteroatoms. The van der Waals surface area contributed by atoms with Crippen molar-refractivity contribution in [2.75, 3.05) is 6.54 Å². The second kappa shape index (κ2) is 7.81. The lowest BCUT2D eigenvalue weighted by Gasteiger charge is -2.15. The van der Waals surface area contributed by atoms with Gasteiger partial charge in [-0.15, -0.1) is 0 Å². The van der Waals surface area contributed by atoms with Crippen LogP contribution >= 0.6 is 0 Å². The van der Waals surface area contributed by atoms with E-state index in [0.29, 0.717) is 5.92 Å². The fraction of sp³-hybridized carbons (Fsp3) is 0.333. The number of nitrogens with zero attached hydrogens (tertiary/aromatic N) is 3. The quantitative estimate of drug-likeness (QED) is 0.718. The molecular weight excluding hydrogens is 324 g/mol. The Kier molecular flexibility index (Phi) is 5.09. The molecule has 26 heavy (non-hydrogen) atoms. The van der Waals surface area contributed by atoms with E-state index < -0.39 is 0 Å². The number of aromatic nitrogens is 3. The van der Waals surface area contributed by atoms with Crippen molar-refractivity contribution in [2.24, 2.45) is 5.92 Å². The van der Waals surface area contributed by atoms with Gasteiger partial charge in [-0.2, -0.15) is 5.10 Å². The first-order chi connectivity index (χ1) is 12.8. The molecule has 2 aromatic heterocycles. The molecule has 1 aromatic carbocycles. The molecule has 134 valence electrons. The largest absolute Gasteiger partial charge is 0.393 e. The molecular formula is C21H24N4O. The predicted molar refractivity (Wildman–Crippen MR) is 102 cm³/mol. The molecule has 4 rings (SSSR count). The van der Waals surface area contributed by atoms with Gasteiger partial charge in [0.1, 0.15) is 0 Å². The van der Waals surface area contributed by atoms with Crippen LogP contribution in [0, 0.1) is 5.92 Å². The second-order valence-electron chi connectivity index (χ2n) is 6.91. The average molecular weight is 348 g/mol. The summed E-state index contributed by atoms with van der Waals surface area (Å²) in [6.45, 7) is 1.56. The van der Waals surface area contributed by atoms with Crippen LogP contribution in [0.1, 0.15) is 24.8 Å². The Balaban J connectivity index is 1.56. The van der Waals surface area contributed by atoms with Crippen molar-refractivity contribution in [3.8, 4) is 16.9 Å². The number of aliphatic hydroxyl groups excluding tert-OH is 1. The van der Waals surface area contributed by atoms with Crippen molar-refractivity contribution >= 4 is 0 Å². The SMILES string of the molecule is OC1CCCC1CNCc1cn(-c2ccccc2)nc1-c1cccnc1. The zero-order valence-electron chi connectivity index (χ0n) is 14.8. The van der Waals surface area contributed by atoms with E-state index in [1.807, 2.05) is 53.3 Å². The topological polar surface area (TPSA) is 63.0 Å². The van der Waals surface area contributed by atoms with E-state index in [0.717, 1.165) is 54.9 Å². The smallest absolute Gasteiger partial charge is 0.0988 e. The van der Waals surface area contributed by atoms with Gasteiger partial charge in [-0.3, -0.25) is 4.98 Å². The van der Waals surface area contributed by atoms with Crippen LogP contribution < -0.4 is 5.32 Å². The molecule has 2 unspecified atom stereocenters. The lowest BCUT2D eigenvalue weighted by molar-refractivity contribution is 0.131. The second-order valence-corrected chi connectivity index (χ2v) is 6.91. The number of aliphatic hydroxyl groups is 1. The summed E-state index contributed by atoms with van der Waals surface area (Å²) in [6, 6.07) is 14.1. The van der Waals surface area contributed by atoms with Crippen LogP contribution in [0.3, 0.4) is 0 Å². The van der Waals surface area contributed by atoms with Gasteiger partial charge in [-0.1, -0.05) is 24.6 Å². The molecule has 2 N–H and O–H groups in total. The van der Waals surface area contributed by atoms with E-state index in [1.165, 1.54) is 0 Å². The molecule has 1 saturated carbocycles. The van der Waals surface area contributed by atoms with Crippen molar-refractivity contribution in [1.29, 1.82) is 0 Å². The highest BCUT2D eigenvalue weighted by molar-refractivity contribution is 5.62. The van der Waals surface area contributed by atoms with Crippen LogP contribution in [0.15, 0.2) is 61.1 Å². The maximum Gasteiger partial charge on any atom is 0.0988 e. The third-order valence-electron chi connectivity index (χ3n) is 5.09. The van der Waals surface area contributed by atoms with Gasteiger partial charge >= 0.3 is 0 Å². The van der Waals surface area contributed by atoms with Crippen molar-refractivity contribution in [3.05, 3.63) is 66.6 Å². The Hall–Kier alpha value is -2.50. The van der Waals surface area contributed by atoms with Crippen molar-refractivity contribution < 1.29 is 5.11 Å². The maximum atomic E-state index is 10.0. The minimum absolute atomic E-state index is 0.160. The third-order valence-corrected chi connectivity index (χ3v) is 5.09. The number of para-hydroxylation sites is 1. The number of hydrogen-bond donors (Lipinski definition) is 2. The highest BCUT2D eigenvalue weighted by atomic mass is 16.3. The number of rotatable bonds is 6. The first-order valence-electron chi connectivity index (χ1n) is 9.24. The van der Waals surface area contributed by atoms with Gasteiger partial charge in [-0.25, -0.2) is 4.68 Å². The molecule has 5 nitrogen and oxygen atoms in total. The zero-order chi connectivity index (χ0) is 17.8. The predicted octanol–water partition coefficient (Wildman–Crippen LogP) is 3.18. The Bertz CT molecular complexity index is 832. The minimum Gasteiger partial charge on any atom is -0.393 e. The standard InChI is InChI=1S/C21H24N4O/c26-20-10-4-6-16(20)12-23-14-18-15-25(19-8-2-1-3-9-19)24-21(18)17-7-5-11-22-13-17/h1-3,5,7-9,11,13,15-16,20,23,26H,4,6,10,12,14H2. The zero-order valence-corrected chi connectivity index (χ0v) is 14.8. The molecule has 0 saturated heterocycles. The van der Waals surface area contributed by atoms with E-state index in [1.54, 1.807) is 6.20 Å². The molecule has 2 atom stereocenters. The highest BCUT2D eigenvalue weighted by Gasteiger charge is 2.24. The van der Waals surface area contributed by atoms with Crippen molar-refractivity contribution in [2.45, 2.75) is 31.9 Å². The fourth-order valence-corrected chi connectivity index (χ4v) is 3.65.